The van der Waals surface area contributed by atoms with Crippen LogP contribution in [0.1, 0.15) is 0 Å². The topological polar surface area (TPSA) is 28.5 Å². The first-order chi connectivity index (χ1) is 0. The van der Waals surface area contributed by atoms with Crippen LogP contribution >= 0.6 is 0 Å². The standard InChI is InChI=1S/2Fe.2Li.O/q;;2*+1;-2. The first kappa shape index (κ1) is 57.3. The van der Waals surface area contributed by atoms with Gasteiger partial charge in [-0.3, -0.25) is 0 Å². The van der Waals surface area contributed by atoms with E-state index >= 15 is 0 Å². The van der Waals surface area contributed by atoms with Crippen molar-refractivity contribution in [3.05, 3.63) is 0 Å². The van der Waals surface area contributed by atoms with Crippen LogP contribution in [-0.2, 0) is 39.6 Å². The van der Waals surface area contributed by atoms with Gasteiger partial charge in [0.2, 0.25) is 0 Å². The maximum Gasteiger partial charge on any atom is 1.00 e. The summed E-state index contributed by atoms with van der Waals surface area (Å²) in [5.74, 6) is 0. The van der Waals surface area contributed by atoms with Crippen molar-refractivity contribution in [2.24, 2.45) is 0 Å². The van der Waals surface area contributed by atoms with Crippen molar-refractivity contribution in [1.82, 2.24) is 0 Å². The van der Waals surface area contributed by atoms with Crippen LogP contribution in [0.25, 0.3) is 0 Å². The Bertz CT molecular complexity index is 7.61. The van der Waals surface area contributed by atoms with Crippen molar-refractivity contribution in [3.8, 4) is 0 Å². The Hall–Kier alpha value is 2.19. The molecular weight excluding hydrogens is 142 g/mol. The van der Waals surface area contributed by atoms with Crippen LogP contribution in [-0.4, -0.2) is 0 Å². The van der Waals surface area contributed by atoms with Gasteiger partial charge < -0.3 is 5.48 Å². The maximum atomic E-state index is 0. The molecule has 0 saturated carbocycles. The second-order valence-corrected chi connectivity index (χ2v) is 0. The molecule has 0 amide bonds. The monoisotopic (exact) mass is 142 g/mol. The fraction of sp³-hybridized carbons (Fsp3) is 0. The molecule has 0 aromatic rings. The number of hydrogen-bond donors (Lipinski definition) is 0. The van der Waals surface area contributed by atoms with E-state index in [0.29, 0.717) is 0 Å². The fourth-order valence-corrected chi connectivity index (χ4v) is 0. The summed E-state index contributed by atoms with van der Waals surface area (Å²) in [6, 6.07) is 0. The van der Waals surface area contributed by atoms with Crippen molar-refractivity contribution in [3.63, 3.8) is 0 Å². The maximum absolute atomic E-state index is 0. The first-order valence-corrected chi connectivity index (χ1v) is 0. The molecule has 1 nitrogen and oxygen atoms in total. The van der Waals surface area contributed by atoms with Crippen LogP contribution in [0.15, 0.2) is 0 Å². The summed E-state index contributed by atoms with van der Waals surface area (Å²) in [6.07, 6.45) is 0. The van der Waals surface area contributed by atoms with Gasteiger partial charge in [-0.05, 0) is 0 Å². The molecule has 24 valence electrons. The molecule has 0 N–H and O–H groups in total. The van der Waals surface area contributed by atoms with Crippen LogP contribution in [0, 0.1) is 0 Å². The molecule has 0 aromatic carbocycles. The summed E-state index contributed by atoms with van der Waals surface area (Å²) < 4.78 is 0. The molecule has 5 heteroatoms. The van der Waals surface area contributed by atoms with Gasteiger partial charge in [-0.1, -0.05) is 0 Å². The van der Waals surface area contributed by atoms with Crippen molar-refractivity contribution < 1.29 is 77.3 Å². The normalized spacial score (nSPS) is 0. The molecule has 0 unspecified atom stereocenters. The molecule has 0 aromatic heterocycles. The molecule has 0 atom stereocenters. The summed E-state index contributed by atoms with van der Waals surface area (Å²) in [5.41, 5.74) is 0. The van der Waals surface area contributed by atoms with E-state index in [1.54, 1.807) is 0 Å². The number of hydrogen-bond acceptors (Lipinski definition) is 0. The molecule has 0 fully saturated rings. The van der Waals surface area contributed by atoms with Crippen LogP contribution < -0.4 is 37.7 Å². The van der Waals surface area contributed by atoms with Gasteiger partial charge in [0.05, 0.1) is 0 Å². The van der Waals surface area contributed by atoms with Gasteiger partial charge in [0.25, 0.3) is 0 Å². The minimum atomic E-state index is 0. The zero-order valence-electron chi connectivity index (χ0n) is 3.12. The molecule has 0 heterocycles. The molecular formula is Fe2Li2O. The Morgan fingerprint density at radius 3 is 0.600 bits per heavy atom. The van der Waals surface area contributed by atoms with Gasteiger partial charge in [0, 0.05) is 34.1 Å². The van der Waals surface area contributed by atoms with Crippen molar-refractivity contribution in [2.45, 2.75) is 0 Å². The van der Waals surface area contributed by atoms with E-state index in [1.165, 1.54) is 0 Å². The number of rotatable bonds is 0. The third-order valence-corrected chi connectivity index (χ3v) is 0. The van der Waals surface area contributed by atoms with E-state index in [9.17, 15) is 0 Å². The van der Waals surface area contributed by atoms with Crippen LogP contribution in [0.3, 0.4) is 0 Å². The van der Waals surface area contributed by atoms with Gasteiger partial charge in [-0.2, -0.15) is 0 Å². The Morgan fingerprint density at radius 1 is 0.600 bits per heavy atom. The molecule has 5 heavy (non-hydrogen) atoms. The summed E-state index contributed by atoms with van der Waals surface area (Å²) in [4.78, 5) is 0. The van der Waals surface area contributed by atoms with Crippen molar-refractivity contribution in [1.29, 1.82) is 0 Å². The second kappa shape index (κ2) is 34.7. The van der Waals surface area contributed by atoms with Crippen LogP contribution in [0.5, 0.6) is 0 Å². The van der Waals surface area contributed by atoms with Crippen LogP contribution in [0.2, 0.25) is 0 Å². The van der Waals surface area contributed by atoms with E-state index < -0.39 is 0 Å². The predicted molar refractivity (Wildman–Crippen MR) is 0.686 cm³/mol. The van der Waals surface area contributed by atoms with Gasteiger partial charge in [-0.15, -0.1) is 0 Å². The van der Waals surface area contributed by atoms with Crippen molar-refractivity contribution in [2.75, 3.05) is 0 Å². The largest absolute Gasteiger partial charge is 2.00 e. The molecule has 0 saturated heterocycles. The quantitative estimate of drug-likeness (QED) is 0.301. The Morgan fingerprint density at radius 2 is 0.600 bits per heavy atom. The van der Waals surface area contributed by atoms with Crippen LogP contribution in [0.4, 0.5) is 0 Å². The zero-order chi connectivity index (χ0) is 0. The molecule has 0 aliphatic heterocycles. The van der Waals surface area contributed by atoms with Gasteiger partial charge in [0.1, 0.15) is 0 Å². The van der Waals surface area contributed by atoms with Gasteiger partial charge in [-0.25, -0.2) is 0 Å². The summed E-state index contributed by atoms with van der Waals surface area (Å²) in [6.45, 7) is 0. The molecule has 0 aliphatic carbocycles. The second-order valence-electron chi connectivity index (χ2n) is 0. The van der Waals surface area contributed by atoms with E-state index in [4.69, 9.17) is 0 Å². The molecule has 0 bridgehead atoms. The molecule has 0 spiro atoms. The summed E-state index contributed by atoms with van der Waals surface area (Å²) in [7, 11) is 0. The third kappa shape index (κ3) is 22.6. The molecule has 0 rings (SSSR count). The Kier molecular flexibility index (Phi) is 398. The summed E-state index contributed by atoms with van der Waals surface area (Å²) in [5, 5.41) is 0. The summed E-state index contributed by atoms with van der Waals surface area (Å²) >= 11 is 0. The minimum absolute atomic E-state index is 0. The SMILES string of the molecule is [Fe].[Fe].[Li+].[Li+].[O-2]. The van der Waals surface area contributed by atoms with E-state index in [1.807, 2.05) is 0 Å². The van der Waals surface area contributed by atoms with Crippen molar-refractivity contribution >= 4 is 0 Å². The van der Waals surface area contributed by atoms with E-state index in [-0.39, 0.29) is 77.3 Å². The average Bonchev–Trinajstić information content (AvgIpc) is 0. The van der Waals surface area contributed by atoms with Gasteiger partial charge >= 0.3 is 37.7 Å². The minimum Gasteiger partial charge on any atom is -2.00 e. The average molecular weight is 142 g/mol. The van der Waals surface area contributed by atoms with E-state index in [0.717, 1.165) is 0 Å². The zero-order valence-corrected chi connectivity index (χ0v) is 5.32. The third-order valence-electron chi connectivity index (χ3n) is 0. The molecule has 0 radical (unpaired) electrons. The molecule has 0 aliphatic rings. The smallest absolute Gasteiger partial charge is 1.00 e. The fourth-order valence-electron chi connectivity index (χ4n) is 0. The first-order valence-electron chi connectivity index (χ1n) is 0. The Labute approximate surface area is 76.6 Å². The van der Waals surface area contributed by atoms with E-state index in [2.05, 4.69) is 0 Å². The Balaban J connectivity index is 0. The van der Waals surface area contributed by atoms with Gasteiger partial charge in [0.15, 0.2) is 0 Å². The predicted octanol–water partition coefficient (Wildman–Crippen LogP) is -6.12.